The van der Waals surface area contributed by atoms with E-state index in [1.54, 1.807) is 0 Å². The second-order valence-electron chi connectivity index (χ2n) is 6.48. The predicted octanol–water partition coefficient (Wildman–Crippen LogP) is 4.92. The van der Waals surface area contributed by atoms with Crippen LogP contribution in [0.4, 0.5) is 0 Å². The average Bonchev–Trinajstić information content (AvgIpc) is 2.74. The smallest absolute Gasteiger partial charge is 0.252 e. The molecule has 3 aromatic rings. The molecule has 0 aliphatic rings. The quantitative estimate of drug-likeness (QED) is 0.494. The summed E-state index contributed by atoms with van der Waals surface area (Å²) in [6.07, 6.45) is 1.00. The molecule has 0 spiro atoms. The fourth-order valence-electron chi connectivity index (χ4n) is 3.04. The maximum absolute atomic E-state index is 13.0. The van der Waals surface area contributed by atoms with Crippen LogP contribution in [0.25, 0.3) is 0 Å². The van der Waals surface area contributed by atoms with Gasteiger partial charge in [0, 0.05) is 0 Å². The Hall–Kier alpha value is -3.20. The summed E-state index contributed by atoms with van der Waals surface area (Å²) < 4.78 is 0. The molecule has 3 aromatic carbocycles. The van der Waals surface area contributed by atoms with Crippen LogP contribution in [0.1, 0.15) is 42.0 Å². The van der Waals surface area contributed by atoms with E-state index in [9.17, 15) is 4.79 Å². The molecule has 0 atom stereocenters. The van der Waals surface area contributed by atoms with E-state index in [4.69, 9.17) is 0 Å². The summed E-state index contributed by atoms with van der Waals surface area (Å²) in [6, 6.07) is 27.8. The van der Waals surface area contributed by atoms with Gasteiger partial charge in [0.15, 0.2) is 0 Å². The first kappa shape index (κ1) is 18.6. The zero-order valence-corrected chi connectivity index (χ0v) is 15.7. The van der Waals surface area contributed by atoms with Gasteiger partial charge in [-0.3, -0.25) is 4.79 Å². The van der Waals surface area contributed by atoms with E-state index in [1.165, 1.54) is 5.56 Å². The summed E-state index contributed by atoms with van der Waals surface area (Å²) >= 11 is 0. The fraction of sp³-hybridized carbons (Fsp3) is 0.167. The van der Waals surface area contributed by atoms with Gasteiger partial charge in [-0.05, 0) is 35.6 Å². The number of hydrogen-bond donors (Lipinski definition) is 1. The van der Waals surface area contributed by atoms with Gasteiger partial charge < -0.3 is 0 Å². The number of benzene rings is 3. The van der Waals surface area contributed by atoms with E-state index in [-0.39, 0.29) is 5.91 Å². The Morgan fingerprint density at radius 2 is 1.37 bits per heavy atom. The standard InChI is InChI=1S/C24H24N2O/c1-3-19-14-16-20(17-15-19)18(2)25-26-24(27)23(21-10-6-4-7-11-21)22-12-8-5-9-13-22/h4-17,23H,3H2,1-2H3,(H,26,27)/b25-18-. The summed E-state index contributed by atoms with van der Waals surface area (Å²) in [5, 5.41) is 4.34. The Balaban J connectivity index is 1.82. The summed E-state index contributed by atoms with van der Waals surface area (Å²) in [5.41, 5.74) is 7.71. The van der Waals surface area contributed by atoms with Gasteiger partial charge in [0.1, 0.15) is 0 Å². The third kappa shape index (κ3) is 4.70. The molecule has 3 heteroatoms. The molecule has 0 aliphatic carbocycles. The molecule has 0 saturated heterocycles. The van der Waals surface area contributed by atoms with Crippen molar-refractivity contribution in [3.8, 4) is 0 Å². The van der Waals surface area contributed by atoms with Crippen LogP contribution in [0.2, 0.25) is 0 Å². The van der Waals surface area contributed by atoms with Gasteiger partial charge in [-0.15, -0.1) is 0 Å². The van der Waals surface area contributed by atoms with Crippen molar-refractivity contribution in [2.75, 3.05) is 0 Å². The highest BCUT2D eigenvalue weighted by molar-refractivity contribution is 5.99. The zero-order valence-electron chi connectivity index (χ0n) is 15.7. The SMILES string of the molecule is CCc1ccc(/C(C)=N\NC(=O)C(c2ccccc2)c2ccccc2)cc1. The molecule has 27 heavy (non-hydrogen) atoms. The number of amides is 1. The predicted molar refractivity (Wildman–Crippen MR) is 111 cm³/mol. The second kappa shape index (κ2) is 8.95. The minimum Gasteiger partial charge on any atom is -0.272 e. The Bertz CT molecular complexity index is 861. The number of aryl methyl sites for hydroxylation is 1. The molecule has 0 radical (unpaired) electrons. The van der Waals surface area contributed by atoms with Crippen LogP contribution in [0, 0.1) is 0 Å². The number of carbonyl (C=O) groups is 1. The molecule has 136 valence electrons. The van der Waals surface area contributed by atoms with E-state index in [1.807, 2.05) is 79.7 Å². The van der Waals surface area contributed by atoms with Crippen LogP contribution < -0.4 is 5.43 Å². The van der Waals surface area contributed by atoms with E-state index in [2.05, 4.69) is 29.6 Å². The Labute approximate surface area is 160 Å². The summed E-state index contributed by atoms with van der Waals surface area (Å²) in [5.74, 6) is -0.539. The summed E-state index contributed by atoms with van der Waals surface area (Å²) in [7, 11) is 0. The molecule has 0 aromatic heterocycles. The molecule has 1 N–H and O–H groups in total. The molecular formula is C24H24N2O. The molecule has 0 aliphatic heterocycles. The van der Waals surface area contributed by atoms with E-state index in [0.29, 0.717) is 0 Å². The van der Waals surface area contributed by atoms with Crippen molar-refractivity contribution < 1.29 is 4.79 Å². The molecule has 3 nitrogen and oxygen atoms in total. The van der Waals surface area contributed by atoms with Gasteiger partial charge >= 0.3 is 0 Å². The van der Waals surface area contributed by atoms with Gasteiger partial charge in [-0.25, -0.2) is 5.43 Å². The maximum atomic E-state index is 13.0. The molecule has 0 heterocycles. The average molecular weight is 356 g/mol. The highest BCUT2D eigenvalue weighted by Gasteiger charge is 2.22. The lowest BCUT2D eigenvalue weighted by Gasteiger charge is -2.16. The summed E-state index contributed by atoms with van der Waals surface area (Å²) in [4.78, 5) is 13.0. The number of carbonyl (C=O) groups excluding carboxylic acids is 1. The normalized spacial score (nSPS) is 11.4. The molecule has 3 rings (SSSR count). The number of hydrogen-bond acceptors (Lipinski definition) is 2. The first-order valence-electron chi connectivity index (χ1n) is 9.22. The van der Waals surface area contributed by atoms with Gasteiger partial charge in [0.2, 0.25) is 0 Å². The molecular weight excluding hydrogens is 332 g/mol. The lowest BCUT2D eigenvalue weighted by atomic mass is 9.91. The van der Waals surface area contributed by atoms with Crippen molar-refractivity contribution in [1.29, 1.82) is 0 Å². The Kier molecular flexibility index (Phi) is 6.16. The van der Waals surface area contributed by atoms with Gasteiger partial charge in [-0.1, -0.05) is 91.9 Å². The third-order valence-electron chi connectivity index (χ3n) is 4.64. The highest BCUT2D eigenvalue weighted by atomic mass is 16.2. The number of rotatable bonds is 6. The van der Waals surface area contributed by atoms with Crippen molar-refractivity contribution in [3.05, 3.63) is 107 Å². The Morgan fingerprint density at radius 1 is 0.852 bits per heavy atom. The van der Waals surface area contributed by atoms with Gasteiger partial charge in [0.05, 0.1) is 11.6 Å². The lowest BCUT2D eigenvalue weighted by Crippen LogP contribution is -2.27. The number of nitrogens with zero attached hydrogens (tertiary/aromatic N) is 1. The van der Waals surface area contributed by atoms with Gasteiger partial charge in [0.25, 0.3) is 5.91 Å². The molecule has 0 bridgehead atoms. The fourth-order valence-corrected chi connectivity index (χ4v) is 3.04. The number of nitrogens with one attached hydrogen (secondary N) is 1. The van der Waals surface area contributed by atoms with E-state index in [0.717, 1.165) is 28.8 Å². The van der Waals surface area contributed by atoms with Crippen LogP contribution in [-0.4, -0.2) is 11.6 Å². The zero-order chi connectivity index (χ0) is 19.1. The monoisotopic (exact) mass is 356 g/mol. The van der Waals surface area contributed by atoms with Crippen molar-refractivity contribution in [1.82, 2.24) is 5.43 Å². The van der Waals surface area contributed by atoms with Crippen LogP contribution in [0.3, 0.4) is 0 Å². The van der Waals surface area contributed by atoms with Crippen molar-refractivity contribution in [3.63, 3.8) is 0 Å². The van der Waals surface area contributed by atoms with Crippen LogP contribution in [0.15, 0.2) is 90.0 Å². The molecule has 0 fully saturated rings. The van der Waals surface area contributed by atoms with Crippen LogP contribution >= 0.6 is 0 Å². The van der Waals surface area contributed by atoms with Crippen LogP contribution in [0.5, 0.6) is 0 Å². The van der Waals surface area contributed by atoms with E-state index < -0.39 is 5.92 Å². The second-order valence-corrected chi connectivity index (χ2v) is 6.48. The lowest BCUT2D eigenvalue weighted by molar-refractivity contribution is -0.121. The van der Waals surface area contributed by atoms with Crippen molar-refractivity contribution in [2.45, 2.75) is 26.2 Å². The minimum absolute atomic E-state index is 0.142. The summed E-state index contributed by atoms with van der Waals surface area (Å²) in [6.45, 7) is 4.03. The molecule has 0 saturated carbocycles. The minimum atomic E-state index is -0.397. The maximum Gasteiger partial charge on any atom is 0.252 e. The largest absolute Gasteiger partial charge is 0.272 e. The van der Waals surface area contributed by atoms with Crippen molar-refractivity contribution in [2.24, 2.45) is 5.10 Å². The van der Waals surface area contributed by atoms with E-state index >= 15 is 0 Å². The van der Waals surface area contributed by atoms with Crippen molar-refractivity contribution >= 4 is 11.6 Å². The Morgan fingerprint density at radius 3 is 1.85 bits per heavy atom. The third-order valence-corrected chi connectivity index (χ3v) is 4.64. The van der Waals surface area contributed by atoms with Crippen LogP contribution in [-0.2, 0) is 11.2 Å². The molecule has 1 amide bonds. The first-order chi connectivity index (χ1) is 13.2. The van der Waals surface area contributed by atoms with Gasteiger partial charge in [-0.2, -0.15) is 5.10 Å². The first-order valence-corrected chi connectivity index (χ1v) is 9.22. The topological polar surface area (TPSA) is 41.5 Å². The number of hydrazone groups is 1. The molecule has 0 unspecified atom stereocenters. The highest BCUT2D eigenvalue weighted by Crippen LogP contribution is 2.24.